The van der Waals surface area contributed by atoms with E-state index in [4.69, 9.17) is 10.8 Å². The van der Waals surface area contributed by atoms with Crippen LogP contribution in [0.15, 0.2) is 30.3 Å². The molecular formula is C11H15NO3. The summed E-state index contributed by atoms with van der Waals surface area (Å²) < 4.78 is 4.55. The van der Waals surface area contributed by atoms with Crippen LogP contribution in [0.1, 0.15) is 5.56 Å². The molecule has 0 amide bonds. The van der Waals surface area contributed by atoms with Crippen LogP contribution in [-0.2, 0) is 16.0 Å². The van der Waals surface area contributed by atoms with Crippen molar-refractivity contribution in [1.29, 1.82) is 0 Å². The van der Waals surface area contributed by atoms with Crippen molar-refractivity contribution >= 4 is 5.97 Å². The van der Waals surface area contributed by atoms with Gasteiger partial charge in [0, 0.05) is 6.42 Å². The van der Waals surface area contributed by atoms with Gasteiger partial charge < -0.3 is 15.6 Å². The number of ether oxygens (including phenoxy) is 1. The molecule has 0 aliphatic rings. The molecule has 82 valence electrons. The number of carbonyl (C=O) groups excluding carboxylic acids is 1. The van der Waals surface area contributed by atoms with Crippen LogP contribution < -0.4 is 5.73 Å². The van der Waals surface area contributed by atoms with Crippen molar-refractivity contribution in [2.75, 3.05) is 13.7 Å². The van der Waals surface area contributed by atoms with Crippen LogP contribution >= 0.6 is 0 Å². The van der Waals surface area contributed by atoms with Gasteiger partial charge in [-0.2, -0.15) is 0 Å². The highest BCUT2D eigenvalue weighted by Gasteiger charge is 2.34. The number of hydrogen-bond acceptors (Lipinski definition) is 4. The van der Waals surface area contributed by atoms with Crippen LogP contribution in [0, 0.1) is 0 Å². The number of methoxy groups -OCH3 is 1. The molecule has 4 nitrogen and oxygen atoms in total. The molecule has 1 aromatic rings. The average molecular weight is 209 g/mol. The van der Waals surface area contributed by atoms with E-state index < -0.39 is 18.1 Å². The molecule has 4 heteroatoms. The van der Waals surface area contributed by atoms with Crippen molar-refractivity contribution in [3.8, 4) is 0 Å². The molecule has 0 bridgehead atoms. The predicted molar refractivity (Wildman–Crippen MR) is 56.2 cm³/mol. The van der Waals surface area contributed by atoms with Gasteiger partial charge in [0.05, 0.1) is 13.7 Å². The number of benzene rings is 1. The summed E-state index contributed by atoms with van der Waals surface area (Å²) in [5, 5.41) is 9.12. The normalized spacial score (nSPS) is 14.3. The van der Waals surface area contributed by atoms with E-state index in [1.165, 1.54) is 7.11 Å². The van der Waals surface area contributed by atoms with Crippen LogP contribution in [0.25, 0.3) is 0 Å². The predicted octanol–water partition coefficient (Wildman–Crippen LogP) is 0.0919. The molecule has 0 aliphatic heterocycles. The van der Waals surface area contributed by atoms with Crippen LogP contribution in [0.2, 0.25) is 0 Å². The van der Waals surface area contributed by atoms with E-state index in [2.05, 4.69) is 4.74 Å². The molecule has 0 heterocycles. The summed E-state index contributed by atoms with van der Waals surface area (Å²) in [5.74, 6) is -0.603. The highest BCUT2D eigenvalue weighted by atomic mass is 16.5. The fourth-order valence-corrected chi connectivity index (χ4v) is 1.36. The zero-order chi connectivity index (χ0) is 11.3. The Morgan fingerprint density at radius 3 is 2.53 bits per heavy atom. The summed E-state index contributed by atoms with van der Waals surface area (Å²) in [5.41, 5.74) is 5.30. The highest BCUT2D eigenvalue weighted by Crippen LogP contribution is 2.12. The van der Waals surface area contributed by atoms with E-state index in [1.54, 1.807) is 0 Å². The number of nitrogens with two attached hydrogens (primary N) is 1. The second-order valence-corrected chi connectivity index (χ2v) is 3.47. The third-order valence-electron chi connectivity index (χ3n) is 2.24. The monoisotopic (exact) mass is 209 g/mol. The van der Waals surface area contributed by atoms with Gasteiger partial charge in [0.15, 0.2) is 0 Å². The van der Waals surface area contributed by atoms with E-state index in [-0.39, 0.29) is 6.42 Å². The third kappa shape index (κ3) is 2.78. The van der Waals surface area contributed by atoms with Crippen LogP contribution in [0.4, 0.5) is 0 Å². The summed E-state index contributed by atoms with van der Waals surface area (Å²) in [6, 6.07) is 9.27. The first kappa shape index (κ1) is 11.7. The van der Waals surface area contributed by atoms with Gasteiger partial charge in [-0.3, -0.25) is 0 Å². The van der Waals surface area contributed by atoms with E-state index in [9.17, 15) is 4.79 Å². The van der Waals surface area contributed by atoms with Crippen LogP contribution in [-0.4, -0.2) is 30.3 Å². The lowest BCUT2D eigenvalue weighted by Gasteiger charge is -2.23. The molecule has 1 rings (SSSR count). The second kappa shape index (κ2) is 4.91. The van der Waals surface area contributed by atoms with Crippen LogP contribution in [0.5, 0.6) is 0 Å². The fraction of sp³-hybridized carbons (Fsp3) is 0.364. The summed E-state index contributed by atoms with van der Waals surface area (Å²) in [6.45, 7) is -0.436. The minimum absolute atomic E-state index is 0.261. The average Bonchev–Trinajstić information content (AvgIpc) is 2.29. The first-order chi connectivity index (χ1) is 7.12. The van der Waals surface area contributed by atoms with E-state index >= 15 is 0 Å². The minimum Gasteiger partial charge on any atom is -0.468 e. The maximum atomic E-state index is 11.4. The molecule has 0 saturated carbocycles. The van der Waals surface area contributed by atoms with Crippen molar-refractivity contribution in [2.24, 2.45) is 5.73 Å². The molecule has 0 radical (unpaired) electrons. The van der Waals surface area contributed by atoms with Crippen molar-refractivity contribution in [2.45, 2.75) is 12.0 Å². The first-order valence-electron chi connectivity index (χ1n) is 4.64. The van der Waals surface area contributed by atoms with Gasteiger partial charge in [-0.25, -0.2) is 4.79 Å². The molecule has 1 aromatic carbocycles. The van der Waals surface area contributed by atoms with Crippen LogP contribution in [0.3, 0.4) is 0 Å². The number of aliphatic hydroxyl groups excluding tert-OH is 1. The van der Waals surface area contributed by atoms with Gasteiger partial charge >= 0.3 is 5.97 Å². The summed E-state index contributed by atoms with van der Waals surface area (Å²) in [7, 11) is 1.25. The molecule has 15 heavy (non-hydrogen) atoms. The number of rotatable bonds is 4. The lowest BCUT2D eigenvalue weighted by Crippen LogP contribution is -2.53. The quantitative estimate of drug-likeness (QED) is 0.689. The van der Waals surface area contributed by atoms with E-state index in [0.29, 0.717) is 0 Å². The zero-order valence-electron chi connectivity index (χ0n) is 8.64. The Kier molecular flexibility index (Phi) is 3.82. The molecule has 0 aliphatic carbocycles. The fourth-order valence-electron chi connectivity index (χ4n) is 1.36. The molecule has 0 spiro atoms. The van der Waals surface area contributed by atoms with E-state index in [1.807, 2.05) is 30.3 Å². The molecule has 0 saturated heterocycles. The zero-order valence-corrected chi connectivity index (χ0v) is 8.64. The summed E-state index contributed by atoms with van der Waals surface area (Å²) in [6.07, 6.45) is 0.261. The number of aliphatic hydroxyl groups is 1. The minimum atomic E-state index is -1.35. The lowest BCUT2D eigenvalue weighted by atomic mass is 9.93. The van der Waals surface area contributed by atoms with Crippen molar-refractivity contribution in [3.05, 3.63) is 35.9 Å². The standard InChI is InChI=1S/C11H15NO3/c1-15-10(14)11(12,8-13)7-9-5-3-2-4-6-9/h2-6,13H,7-8,12H2,1H3/t11-/m1/s1. The lowest BCUT2D eigenvalue weighted by molar-refractivity contribution is -0.148. The molecule has 0 fully saturated rings. The summed E-state index contributed by atoms with van der Waals surface area (Å²) in [4.78, 5) is 11.4. The largest absolute Gasteiger partial charge is 0.468 e. The molecular weight excluding hydrogens is 194 g/mol. The Balaban J connectivity index is 2.81. The van der Waals surface area contributed by atoms with Crippen molar-refractivity contribution in [3.63, 3.8) is 0 Å². The number of hydrogen-bond donors (Lipinski definition) is 2. The SMILES string of the molecule is COC(=O)[C@](N)(CO)Cc1ccccc1. The molecule has 0 aromatic heterocycles. The molecule has 0 unspecified atom stereocenters. The van der Waals surface area contributed by atoms with Gasteiger partial charge in [-0.05, 0) is 5.56 Å². The Labute approximate surface area is 88.7 Å². The molecule has 1 atom stereocenters. The third-order valence-corrected chi connectivity index (χ3v) is 2.24. The van der Waals surface area contributed by atoms with Crippen molar-refractivity contribution < 1.29 is 14.6 Å². The second-order valence-electron chi connectivity index (χ2n) is 3.47. The Morgan fingerprint density at radius 2 is 2.07 bits per heavy atom. The smallest absolute Gasteiger partial charge is 0.328 e. The Morgan fingerprint density at radius 1 is 1.47 bits per heavy atom. The van der Waals surface area contributed by atoms with Crippen molar-refractivity contribution in [1.82, 2.24) is 0 Å². The van der Waals surface area contributed by atoms with Gasteiger partial charge in [0.2, 0.25) is 0 Å². The first-order valence-corrected chi connectivity index (χ1v) is 4.64. The van der Waals surface area contributed by atoms with Gasteiger partial charge in [-0.15, -0.1) is 0 Å². The topological polar surface area (TPSA) is 72.5 Å². The number of carbonyl (C=O) groups is 1. The summed E-state index contributed by atoms with van der Waals surface area (Å²) >= 11 is 0. The maximum absolute atomic E-state index is 11.4. The molecule has 3 N–H and O–H groups in total. The highest BCUT2D eigenvalue weighted by molar-refractivity contribution is 5.81. The van der Waals surface area contributed by atoms with Gasteiger partial charge in [0.1, 0.15) is 5.54 Å². The maximum Gasteiger partial charge on any atom is 0.328 e. The number of esters is 1. The van der Waals surface area contributed by atoms with Gasteiger partial charge in [0.25, 0.3) is 0 Å². The Hall–Kier alpha value is -1.39. The Bertz CT molecular complexity index is 326. The van der Waals surface area contributed by atoms with Gasteiger partial charge in [-0.1, -0.05) is 30.3 Å². The van der Waals surface area contributed by atoms with E-state index in [0.717, 1.165) is 5.56 Å².